The smallest absolute Gasteiger partial charge is 0.335 e. The van der Waals surface area contributed by atoms with E-state index in [1.54, 1.807) is 31.2 Å². The van der Waals surface area contributed by atoms with Gasteiger partial charge in [-0.2, -0.15) is 13.2 Å². The zero-order chi connectivity index (χ0) is 19.6. The Morgan fingerprint density at radius 3 is 2.52 bits per heavy atom. The molecule has 27 heavy (non-hydrogen) atoms. The Hall–Kier alpha value is -2.13. The Balaban J connectivity index is 1.71. The van der Waals surface area contributed by atoms with E-state index in [9.17, 15) is 18.0 Å². The Morgan fingerprint density at radius 2 is 1.85 bits per heavy atom. The minimum absolute atomic E-state index is 0.0340. The standard InChI is InChI=1S/C17H19ClF3N5O/c1-12-22-15(23-26(12)14-5-3-13(18)4-6-14)16(27)25-8-2-7-24(9-10-25)11-17(19,20)21/h3-6H,2,7-11H2,1H3. The maximum Gasteiger partial charge on any atom is 0.401 e. The average molecular weight is 402 g/mol. The van der Waals surface area contributed by atoms with Gasteiger partial charge in [0.1, 0.15) is 5.82 Å². The lowest BCUT2D eigenvalue weighted by molar-refractivity contribution is -0.145. The number of alkyl halides is 3. The highest BCUT2D eigenvalue weighted by Gasteiger charge is 2.32. The van der Waals surface area contributed by atoms with E-state index in [-0.39, 0.29) is 24.8 Å². The first kappa shape index (κ1) is 19.6. The molecule has 2 heterocycles. The van der Waals surface area contributed by atoms with Crippen molar-refractivity contribution >= 4 is 17.5 Å². The summed E-state index contributed by atoms with van der Waals surface area (Å²) in [7, 11) is 0. The summed E-state index contributed by atoms with van der Waals surface area (Å²) in [4.78, 5) is 19.8. The SMILES string of the molecule is Cc1nc(C(=O)N2CCCN(CC(F)(F)F)CC2)nn1-c1ccc(Cl)cc1. The monoisotopic (exact) mass is 401 g/mol. The van der Waals surface area contributed by atoms with Gasteiger partial charge in [-0.05, 0) is 37.6 Å². The van der Waals surface area contributed by atoms with E-state index in [1.165, 1.54) is 14.5 Å². The van der Waals surface area contributed by atoms with E-state index in [1.807, 2.05) is 0 Å². The first-order chi connectivity index (χ1) is 12.7. The number of nitrogens with zero attached hydrogens (tertiary/aromatic N) is 5. The maximum atomic E-state index is 12.7. The molecule has 0 radical (unpaired) electrons. The molecular formula is C17H19ClF3N5O. The summed E-state index contributed by atoms with van der Waals surface area (Å²) in [5.41, 5.74) is 0.718. The number of rotatable bonds is 3. The first-order valence-corrected chi connectivity index (χ1v) is 8.89. The lowest BCUT2D eigenvalue weighted by atomic mass is 10.3. The second kappa shape index (κ2) is 7.85. The number of carbonyl (C=O) groups excluding carboxylic acids is 1. The predicted octanol–water partition coefficient (Wildman–Crippen LogP) is 2.94. The second-order valence-corrected chi connectivity index (χ2v) is 6.84. The normalized spacial score (nSPS) is 16.4. The number of carbonyl (C=O) groups is 1. The van der Waals surface area contributed by atoms with Crippen LogP contribution in [0.1, 0.15) is 22.9 Å². The summed E-state index contributed by atoms with van der Waals surface area (Å²) in [6.07, 6.45) is -3.77. The number of aromatic nitrogens is 3. The molecule has 6 nitrogen and oxygen atoms in total. The third kappa shape index (κ3) is 4.98. The molecule has 0 bridgehead atoms. The number of hydrogen-bond donors (Lipinski definition) is 0. The van der Waals surface area contributed by atoms with Gasteiger partial charge < -0.3 is 4.90 Å². The second-order valence-electron chi connectivity index (χ2n) is 6.41. The zero-order valence-electron chi connectivity index (χ0n) is 14.7. The Morgan fingerprint density at radius 1 is 1.15 bits per heavy atom. The maximum absolute atomic E-state index is 12.7. The Bertz CT molecular complexity index is 806. The van der Waals surface area contributed by atoms with Crippen LogP contribution in [0.2, 0.25) is 5.02 Å². The highest BCUT2D eigenvalue weighted by atomic mass is 35.5. The molecule has 1 aliphatic rings. The van der Waals surface area contributed by atoms with Crippen LogP contribution in [-0.2, 0) is 0 Å². The molecule has 0 saturated carbocycles. The molecule has 10 heteroatoms. The molecule has 146 valence electrons. The van der Waals surface area contributed by atoms with Gasteiger partial charge in [0.25, 0.3) is 5.91 Å². The van der Waals surface area contributed by atoms with E-state index in [0.717, 1.165) is 5.69 Å². The number of benzene rings is 1. The van der Waals surface area contributed by atoms with E-state index in [2.05, 4.69) is 10.1 Å². The van der Waals surface area contributed by atoms with Crippen molar-refractivity contribution in [2.45, 2.75) is 19.5 Å². The summed E-state index contributed by atoms with van der Waals surface area (Å²) in [5, 5.41) is 4.86. The van der Waals surface area contributed by atoms with Gasteiger partial charge in [-0.25, -0.2) is 9.67 Å². The molecule has 1 saturated heterocycles. The fraction of sp³-hybridized carbons (Fsp3) is 0.471. The predicted molar refractivity (Wildman–Crippen MR) is 94.1 cm³/mol. The van der Waals surface area contributed by atoms with Crippen molar-refractivity contribution in [3.63, 3.8) is 0 Å². The lowest BCUT2D eigenvalue weighted by Gasteiger charge is -2.22. The van der Waals surface area contributed by atoms with Gasteiger partial charge in [-0.3, -0.25) is 9.69 Å². The largest absolute Gasteiger partial charge is 0.401 e. The van der Waals surface area contributed by atoms with E-state index < -0.39 is 12.7 Å². The molecule has 1 fully saturated rings. The lowest BCUT2D eigenvalue weighted by Crippen LogP contribution is -2.38. The van der Waals surface area contributed by atoms with Crippen LogP contribution in [0.5, 0.6) is 0 Å². The van der Waals surface area contributed by atoms with Crippen LogP contribution in [0.3, 0.4) is 0 Å². The third-order valence-corrected chi connectivity index (χ3v) is 4.56. The van der Waals surface area contributed by atoms with Gasteiger partial charge in [0.2, 0.25) is 5.82 Å². The molecule has 0 N–H and O–H groups in total. The van der Waals surface area contributed by atoms with Gasteiger partial charge in [-0.1, -0.05) is 11.6 Å². The zero-order valence-corrected chi connectivity index (χ0v) is 15.5. The molecular weight excluding hydrogens is 383 g/mol. The summed E-state index contributed by atoms with van der Waals surface area (Å²) < 4.78 is 39.3. The van der Waals surface area contributed by atoms with Crippen LogP contribution in [-0.4, -0.2) is 69.4 Å². The molecule has 3 rings (SSSR count). The molecule has 1 aromatic heterocycles. The molecule has 0 aliphatic carbocycles. The van der Waals surface area contributed by atoms with Crippen molar-refractivity contribution in [3.8, 4) is 5.69 Å². The number of amides is 1. The van der Waals surface area contributed by atoms with Gasteiger partial charge >= 0.3 is 6.18 Å². The molecule has 2 aromatic rings. The highest BCUT2D eigenvalue weighted by molar-refractivity contribution is 6.30. The minimum Gasteiger partial charge on any atom is -0.335 e. The number of halogens is 4. The van der Waals surface area contributed by atoms with Gasteiger partial charge in [0, 0.05) is 31.2 Å². The topological polar surface area (TPSA) is 54.3 Å². The Labute approximate surface area is 159 Å². The van der Waals surface area contributed by atoms with Crippen LogP contribution in [0.25, 0.3) is 5.69 Å². The first-order valence-electron chi connectivity index (χ1n) is 8.51. The fourth-order valence-electron chi connectivity index (χ4n) is 3.03. The minimum atomic E-state index is -4.24. The average Bonchev–Trinajstić information content (AvgIpc) is 2.83. The molecule has 0 spiro atoms. The summed E-state index contributed by atoms with van der Waals surface area (Å²) in [6.45, 7) is 1.83. The van der Waals surface area contributed by atoms with Crippen molar-refractivity contribution in [2.75, 3.05) is 32.7 Å². The van der Waals surface area contributed by atoms with Crippen LogP contribution in [0.4, 0.5) is 13.2 Å². The van der Waals surface area contributed by atoms with Gasteiger partial charge in [0.15, 0.2) is 0 Å². The van der Waals surface area contributed by atoms with Crippen molar-refractivity contribution in [1.82, 2.24) is 24.6 Å². The molecule has 0 atom stereocenters. The van der Waals surface area contributed by atoms with Crippen LogP contribution in [0, 0.1) is 6.92 Å². The number of hydrogen-bond acceptors (Lipinski definition) is 4. The summed E-state index contributed by atoms with van der Waals surface area (Å²) in [5.74, 6) is 0.195. The van der Waals surface area contributed by atoms with Crippen LogP contribution >= 0.6 is 11.6 Å². The van der Waals surface area contributed by atoms with Crippen LogP contribution in [0.15, 0.2) is 24.3 Å². The number of aryl methyl sites for hydroxylation is 1. The third-order valence-electron chi connectivity index (χ3n) is 4.31. The van der Waals surface area contributed by atoms with E-state index in [4.69, 9.17) is 11.6 Å². The van der Waals surface area contributed by atoms with E-state index >= 15 is 0 Å². The van der Waals surface area contributed by atoms with Crippen molar-refractivity contribution < 1.29 is 18.0 Å². The van der Waals surface area contributed by atoms with Crippen LogP contribution < -0.4 is 0 Å². The summed E-state index contributed by atoms with van der Waals surface area (Å²) >= 11 is 5.88. The quantitative estimate of drug-likeness (QED) is 0.793. The molecule has 1 aromatic carbocycles. The molecule has 0 unspecified atom stereocenters. The van der Waals surface area contributed by atoms with Crippen molar-refractivity contribution in [3.05, 3.63) is 40.9 Å². The van der Waals surface area contributed by atoms with Crippen molar-refractivity contribution in [1.29, 1.82) is 0 Å². The van der Waals surface area contributed by atoms with Gasteiger partial charge in [-0.15, -0.1) is 5.10 Å². The summed E-state index contributed by atoms with van der Waals surface area (Å²) in [6, 6.07) is 6.95. The van der Waals surface area contributed by atoms with Gasteiger partial charge in [0.05, 0.1) is 12.2 Å². The highest BCUT2D eigenvalue weighted by Crippen LogP contribution is 2.18. The molecule has 1 aliphatic heterocycles. The van der Waals surface area contributed by atoms with Crippen molar-refractivity contribution in [2.24, 2.45) is 0 Å². The Kier molecular flexibility index (Phi) is 5.71. The fourth-order valence-corrected chi connectivity index (χ4v) is 3.16. The van der Waals surface area contributed by atoms with E-state index in [0.29, 0.717) is 30.4 Å². The molecule has 1 amide bonds.